The second-order valence-corrected chi connectivity index (χ2v) is 7.37. The van der Waals surface area contributed by atoms with Crippen molar-refractivity contribution >= 4 is 12.2 Å². The largest absolute Gasteiger partial charge is 0.313 e. The maximum Gasteiger partial charge on any atom is 0.207 e. The summed E-state index contributed by atoms with van der Waals surface area (Å²) in [4.78, 5) is 1.45. The van der Waals surface area contributed by atoms with Crippen LogP contribution in [0, 0.1) is 4.77 Å². The van der Waals surface area contributed by atoms with Crippen LogP contribution in [0.1, 0.15) is 37.1 Å². The van der Waals surface area contributed by atoms with Gasteiger partial charge in [0.2, 0.25) is 4.77 Å². The number of para-hydroxylation sites is 1. The van der Waals surface area contributed by atoms with E-state index in [9.17, 15) is 0 Å². The van der Waals surface area contributed by atoms with Crippen molar-refractivity contribution in [3.8, 4) is 5.69 Å². The zero-order chi connectivity index (χ0) is 17.9. The van der Waals surface area contributed by atoms with Crippen LogP contribution in [0.5, 0.6) is 0 Å². The highest BCUT2D eigenvalue weighted by atomic mass is 32.1. The predicted octanol–water partition coefficient (Wildman–Crippen LogP) is 3.34. The molecule has 5 heteroatoms. The third-order valence-electron chi connectivity index (χ3n) is 4.99. The molecule has 1 aliphatic rings. The fraction of sp³-hybridized carbons (Fsp3) is 0.333. The highest BCUT2D eigenvalue weighted by Gasteiger charge is 2.31. The molecule has 1 unspecified atom stereocenters. The van der Waals surface area contributed by atoms with Crippen molar-refractivity contribution in [3.63, 3.8) is 0 Å². The van der Waals surface area contributed by atoms with E-state index in [1.165, 1.54) is 23.3 Å². The Hall–Kier alpha value is -2.24. The smallest absolute Gasteiger partial charge is 0.207 e. The van der Waals surface area contributed by atoms with Gasteiger partial charge in [0.15, 0.2) is 6.67 Å². The van der Waals surface area contributed by atoms with Gasteiger partial charge >= 0.3 is 0 Å². The highest BCUT2D eigenvalue weighted by Crippen LogP contribution is 2.40. The summed E-state index contributed by atoms with van der Waals surface area (Å²) in [5.41, 5.74) is 2.47. The topological polar surface area (TPSA) is 27.2 Å². The number of aromatic nitrogens is 3. The van der Waals surface area contributed by atoms with Gasteiger partial charge in [0.1, 0.15) is 12.4 Å². The molecular formula is C21H25N4S+. The molecule has 1 aliphatic carbocycles. The summed E-state index contributed by atoms with van der Waals surface area (Å²) in [7, 11) is 0. The summed E-state index contributed by atoms with van der Waals surface area (Å²) in [6.45, 7) is 5.03. The van der Waals surface area contributed by atoms with E-state index < -0.39 is 0 Å². The van der Waals surface area contributed by atoms with Crippen molar-refractivity contribution in [2.24, 2.45) is 0 Å². The van der Waals surface area contributed by atoms with Gasteiger partial charge < -0.3 is 4.90 Å². The van der Waals surface area contributed by atoms with Crippen LogP contribution in [-0.4, -0.2) is 20.9 Å². The summed E-state index contributed by atoms with van der Waals surface area (Å²) in [5, 5.41) is 4.93. The number of rotatable bonds is 7. The number of nitrogens with one attached hydrogen (secondary N) is 1. The second kappa shape index (κ2) is 7.56. The second-order valence-electron chi connectivity index (χ2n) is 7.01. The molecular weight excluding hydrogens is 340 g/mol. The summed E-state index contributed by atoms with van der Waals surface area (Å²) >= 11 is 5.82. The normalized spacial score (nSPS) is 15.1. The Morgan fingerprint density at radius 3 is 2.31 bits per heavy atom. The number of quaternary nitrogens is 1. The lowest BCUT2D eigenvalue weighted by Crippen LogP contribution is -3.09. The first kappa shape index (κ1) is 17.2. The SMILES string of the molecule is CC[NH+](Cc1ccccc1)Cn1nc(C2CC2)n(-c2ccccc2)c1=S. The van der Waals surface area contributed by atoms with E-state index >= 15 is 0 Å². The molecule has 134 valence electrons. The minimum atomic E-state index is 0.553. The van der Waals surface area contributed by atoms with Crippen LogP contribution < -0.4 is 4.90 Å². The molecule has 0 saturated heterocycles. The number of hydrogen-bond donors (Lipinski definition) is 1. The molecule has 0 spiro atoms. The van der Waals surface area contributed by atoms with E-state index in [0.717, 1.165) is 36.0 Å². The van der Waals surface area contributed by atoms with Crippen LogP contribution in [0.25, 0.3) is 5.69 Å². The fourth-order valence-corrected chi connectivity index (χ4v) is 3.65. The lowest BCUT2D eigenvalue weighted by molar-refractivity contribution is -0.935. The van der Waals surface area contributed by atoms with E-state index in [1.54, 1.807) is 0 Å². The molecule has 3 aromatic rings. The Kier molecular flexibility index (Phi) is 5.00. The van der Waals surface area contributed by atoms with Crippen molar-refractivity contribution in [2.75, 3.05) is 6.54 Å². The van der Waals surface area contributed by atoms with Gasteiger partial charge in [0, 0.05) is 17.2 Å². The third-order valence-corrected chi connectivity index (χ3v) is 5.38. The summed E-state index contributed by atoms with van der Waals surface area (Å²) < 4.78 is 5.00. The monoisotopic (exact) mass is 365 g/mol. The zero-order valence-electron chi connectivity index (χ0n) is 15.1. The van der Waals surface area contributed by atoms with Crippen molar-refractivity contribution in [1.82, 2.24) is 14.3 Å². The van der Waals surface area contributed by atoms with E-state index in [-0.39, 0.29) is 0 Å². The fourth-order valence-electron chi connectivity index (χ4n) is 3.34. The average molecular weight is 366 g/mol. The molecule has 1 aromatic heterocycles. The van der Waals surface area contributed by atoms with Crippen LogP contribution in [0.4, 0.5) is 0 Å². The summed E-state index contributed by atoms with van der Waals surface area (Å²) in [5.74, 6) is 1.67. The van der Waals surface area contributed by atoms with Gasteiger partial charge in [-0.3, -0.25) is 4.57 Å². The van der Waals surface area contributed by atoms with Gasteiger partial charge in [-0.1, -0.05) is 48.5 Å². The third kappa shape index (κ3) is 3.64. The van der Waals surface area contributed by atoms with Crippen LogP contribution in [-0.2, 0) is 13.2 Å². The van der Waals surface area contributed by atoms with Gasteiger partial charge in [-0.2, -0.15) is 9.78 Å². The van der Waals surface area contributed by atoms with E-state index in [2.05, 4.69) is 66.1 Å². The van der Waals surface area contributed by atoms with Crippen LogP contribution >= 0.6 is 12.2 Å². The molecule has 4 rings (SSSR count). The zero-order valence-corrected chi connectivity index (χ0v) is 16.0. The van der Waals surface area contributed by atoms with E-state index in [4.69, 9.17) is 17.3 Å². The first-order chi connectivity index (χ1) is 12.8. The molecule has 0 bridgehead atoms. The molecule has 1 atom stereocenters. The number of hydrogen-bond acceptors (Lipinski definition) is 2. The van der Waals surface area contributed by atoms with Crippen LogP contribution in [0.3, 0.4) is 0 Å². The first-order valence-corrected chi connectivity index (χ1v) is 9.79. The van der Waals surface area contributed by atoms with Crippen molar-refractivity contribution < 1.29 is 4.90 Å². The van der Waals surface area contributed by atoms with Gasteiger partial charge in [-0.15, -0.1) is 0 Å². The first-order valence-electron chi connectivity index (χ1n) is 9.39. The highest BCUT2D eigenvalue weighted by molar-refractivity contribution is 7.71. The molecule has 1 fully saturated rings. The Bertz CT molecular complexity index is 910. The Balaban J connectivity index is 1.63. The van der Waals surface area contributed by atoms with Crippen molar-refractivity contribution in [1.29, 1.82) is 0 Å². The quantitative estimate of drug-likeness (QED) is 0.650. The lowest BCUT2D eigenvalue weighted by atomic mass is 10.2. The molecule has 0 radical (unpaired) electrons. The Morgan fingerprint density at radius 1 is 1.04 bits per heavy atom. The number of benzene rings is 2. The molecule has 2 aromatic carbocycles. The molecule has 0 amide bonds. The van der Waals surface area contributed by atoms with E-state index in [0.29, 0.717) is 5.92 Å². The maximum absolute atomic E-state index is 5.82. The van der Waals surface area contributed by atoms with Crippen molar-refractivity contribution in [2.45, 2.75) is 38.9 Å². The Morgan fingerprint density at radius 2 is 1.69 bits per heavy atom. The molecule has 26 heavy (non-hydrogen) atoms. The Labute approximate surface area is 159 Å². The summed E-state index contributed by atoms with van der Waals surface area (Å²) in [6, 6.07) is 21.0. The molecule has 1 heterocycles. The van der Waals surface area contributed by atoms with E-state index in [1.807, 2.05) is 10.7 Å². The molecule has 4 nitrogen and oxygen atoms in total. The number of nitrogens with zero attached hydrogens (tertiary/aromatic N) is 3. The van der Waals surface area contributed by atoms with Gasteiger partial charge in [-0.25, -0.2) is 0 Å². The van der Waals surface area contributed by atoms with Gasteiger partial charge in [-0.05, 0) is 44.1 Å². The minimum absolute atomic E-state index is 0.553. The van der Waals surface area contributed by atoms with Gasteiger partial charge in [0.25, 0.3) is 0 Å². The molecule has 0 aliphatic heterocycles. The standard InChI is InChI=1S/C21H24N4S/c1-2-23(15-17-9-5-3-6-10-17)16-24-21(26)25(19-11-7-4-8-12-19)20(22-24)18-13-14-18/h3-12,18H,2,13-16H2,1H3/p+1. The van der Waals surface area contributed by atoms with Crippen molar-refractivity contribution in [3.05, 3.63) is 76.8 Å². The maximum atomic E-state index is 5.82. The molecule has 1 N–H and O–H groups in total. The predicted molar refractivity (Wildman–Crippen MR) is 106 cm³/mol. The van der Waals surface area contributed by atoms with Crippen LogP contribution in [0.15, 0.2) is 60.7 Å². The molecule has 1 saturated carbocycles. The average Bonchev–Trinajstić information content (AvgIpc) is 3.48. The van der Waals surface area contributed by atoms with Gasteiger partial charge in [0.05, 0.1) is 6.54 Å². The lowest BCUT2D eigenvalue weighted by Gasteiger charge is -2.17. The minimum Gasteiger partial charge on any atom is -0.313 e. The summed E-state index contributed by atoms with van der Waals surface area (Å²) in [6.07, 6.45) is 2.43. The van der Waals surface area contributed by atoms with Crippen LogP contribution in [0.2, 0.25) is 0 Å².